The molecule has 0 spiro atoms. The predicted octanol–water partition coefficient (Wildman–Crippen LogP) is 5.79. The Balaban J connectivity index is 1.36. The number of nitrogens with zero attached hydrogens (tertiary/aromatic N) is 1. The van der Waals surface area contributed by atoms with Crippen LogP contribution in [0.1, 0.15) is 63.5 Å². The Kier molecular flexibility index (Phi) is 4.77. The van der Waals surface area contributed by atoms with Crippen molar-refractivity contribution < 1.29 is 14.7 Å². The van der Waals surface area contributed by atoms with Gasteiger partial charge in [-0.2, -0.15) is 0 Å². The highest BCUT2D eigenvalue weighted by Crippen LogP contribution is 2.69. The molecule has 2 saturated carbocycles. The summed E-state index contributed by atoms with van der Waals surface area (Å²) in [6.07, 6.45) is 6.14. The van der Waals surface area contributed by atoms with E-state index in [1.165, 1.54) is 33.6 Å². The summed E-state index contributed by atoms with van der Waals surface area (Å²) in [5.41, 5.74) is 5.90. The highest BCUT2D eigenvalue weighted by molar-refractivity contribution is 6.23. The van der Waals surface area contributed by atoms with E-state index < -0.39 is 0 Å². The largest absolute Gasteiger partial charge is 0.393 e. The molecular weight excluding hydrogens is 446 g/mol. The van der Waals surface area contributed by atoms with E-state index in [0.717, 1.165) is 32.1 Å². The molecule has 0 aromatic heterocycles. The molecule has 1 saturated heterocycles. The number of benzene rings is 2. The number of anilines is 1. The second kappa shape index (κ2) is 7.64. The van der Waals surface area contributed by atoms with Gasteiger partial charge in [0.2, 0.25) is 11.8 Å². The number of amides is 2. The predicted molar refractivity (Wildman–Crippen MR) is 140 cm³/mol. The lowest BCUT2D eigenvalue weighted by Crippen LogP contribution is -2.41. The summed E-state index contributed by atoms with van der Waals surface area (Å²) in [5, 5.41) is 11.3. The van der Waals surface area contributed by atoms with E-state index in [1.54, 1.807) is 0 Å². The molecule has 2 bridgehead atoms. The first-order valence-corrected chi connectivity index (χ1v) is 13.7. The zero-order valence-electron chi connectivity index (χ0n) is 21.2. The fourth-order valence-electron chi connectivity index (χ4n) is 9.10. The van der Waals surface area contributed by atoms with Crippen LogP contribution < -0.4 is 4.90 Å². The monoisotopic (exact) mass is 481 g/mol. The number of aliphatic hydroxyl groups is 1. The maximum Gasteiger partial charge on any atom is 0.238 e. The van der Waals surface area contributed by atoms with Crippen LogP contribution in [0.5, 0.6) is 0 Å². The first-order chi connectivity index (χ1) is 17.3. The lowest BCUT2D eigenvalue weighted by atomic mass is 9.58. The highest BCUT2D eigenvalue weighted by Gasteiger charge is 2.64. The molecule has 186 valence electrons. The van der Waals surface area contributed by atoms with Gasteiger partial charge in [-0.15, -0.1) is 0 Å². The van der Waals surface area contributed by atoms with Crippen LogP contribution in [-0.2, 0) is 16.0 Å². The van der Waals surface area contributed by atoms with Crippen LogP contribution in [0.15, 0.2) is 60.2 Å². The van der Waals surface area contributed by atoms with E-state index in [2.05, 4.69) is 38.1 Å². The lowest BCUT2D eigenvalue weighted by molar-refractivity contribution is -0.122. The zero-order valence-corrected chi connectivity index (χ0v) is 21.2. The number of hydrogen-bond acceptors (Lipinski definition) is 3. The molecule has 1 N–H and O–H groups in total. The topological polar surface area (TPSA) is 57.6 Å². The summed E-state index contributed by atoms with van der Waals surface area (Å²) >= 11 is 0. The van der Waals surface area contributed by atoms with Gasteiger partial charge in [-0.1, -0.05) is 61.9 Å². The fraction of sp³-hybridized carbons (Fsp3) is 0.500. The van der Waals surface area contributed by atoms with Gasteiger partial charge in [0.05, 0.1) is 23.6 Å². The number of allylic oxidation sites excluding steroid dienone is 2. The quantitative estimate of drug-likeness (QED) is 0.565. The second-order valence-electron chi connectivity index (χ2n) is 12.5. The number of hydrogen-bond donors (Lipinski definition) is 1. The van der Waals surface area contributed by atoms with Crippen molar-refractivity contribution in [1.29, 1.82) is 0 Å². The van der Waals surface area contributed by atoms with Crippen molar-refractivity contribution in [2.75, 3.05) is 4.90 Å². The molecule has 36 heavy (non-hydrogen) atoms. The molecule has 6 atom stereocenters. The minimum Gasteiger partial charge on any atom is -0.393 e. The molecule has 2 aromatic rings. The minimum absolute atomic E-state index is 0.0301. The van der Waals surface area contributed by atoms with Crippen LogP contribution in [0.3, 0.4) is 0 Å². The smallest absolute Gasteiger partial charge is 0.238 e. The number of carbonyl (C=O) groups excluding carboxylic acids is 2. The molecule has 7 rings (SSSR count). The molecule has 5 aliphatic rings. The summed E-state index contributed by atoms with van der Waals surface area (Å²) in [4.78, 5) is 29.2. The standard InChI is InChI=1S/C32H35NO3/c1-31(2)21-14-15-32(31,26(34)17-21)18-20-16-25-28(24-13-12-19-8-6-7-11-23(19)27(20)24)30(36)33(29(25)35)22-9-4-3-5-10-22/h3-11,21,24-26,28,34H,12-18H2,1-2H3/t21-,24-,25-,26-,28+,32-/m1/s1. The van der Waals surface area contributed by atoms with E-state index in [4.69, 9.17) is 0 Å². The van der Waals surface area contributed by atoms with Gasteiger partial charge in [-0.25, -0.2) is 0 Å². The van der Waals surface area contributed by atoms with Gasteiger partial charge >= 0.3 is 0 Å². The average molecular weight is 482 g/mol. The van der Waals surface area contributed by atoms with Crippen molar-refractivity contribution in [2.45, 2.75) is 64.9 Å². The number of rotatable bonds is 3. The van der Waals surface area contributed by atoms with Crippen molar-refractivity contribution in [3.05, 3.63) is 71.3 Å². The third-order valence-electron chi connectivity index (χ3n) is 11.1. The zero-order chi connectivity index (χ0) is 24.8. The Bertz CT molecular complexity index is 1290. The Morgan fingerprint density at radius 1 is 0.944 bits per heavy atom. The number of fused-ring (bicyclic) bond motifs is 7. The maximum absolute atomic E-state index is 13.9. The van der Waals surface area contributed by atoms with E-state index in [-0.39, 0.29) is 46.5 Å². The molecule has 4 nitrogen and oxygen atoms in total. The van der Waals surface area contributed by atoms with Crippen molar-refractivity contribution in [3.63, 3.8) is 0 Å². The van der Waals surface area contributed by atoms with Gasteiger partial charge in [0.1, 0.15) is 0 Å². The second-order valence-corrected chi connectivity index (χ2v) is 12.5. The summed E-state index contributed by atoms with van der Waals surface area (Å²) in [6, 6.07) is 18.1. The third-order valence-corrected chi connectivity index (χ3v) is 11.1. The number of imide groups is 1. The van der Waals surface area contributed by atoms with Gasteiger partial charge in [0, 0.05) is 5.41 Å². The van der Waals surface area contributed by atoms with Gasteiger partial charge in [0.15, 0.2) is 0 Å². The number of para-hydroxylation sites is 1. The number of aliphatic hydroxyl groups excluding tert-OH is 1. The molecule has 4 heteroatoms. The Labute approximate surface area is 213 Å². The molecule has 3 fully saturated rings. The summed E-state index contributed by atoms with van der Waals surface area (Å²) in [6.45, 7) is 4.71. The van der Waals surface area contributed by atoms with Crippen molar-refractivity contribution >= 4 is 23.1 Å². The molecule has 1 aliphatic heterocycles. The fourth-order valence-corrected chi connectivity index (χ4v) is 9.10. The Morgan fingerprint density at radius 3 is 2.42 bits per heavy atom. The highest BCUT2D eigenvalue weighted by atomic mass is 16.3. The Morgan fingerprint density at radius 2 is 1.69 bits per heavy atom. The first-order valence-electron chi connectivity index (χ1n) is 13.7. The maximum atomic E-state index is 13.9. The van der Waals surface area contributed by atoms with Crippen LogP contribution >= 0.6 is 0 Å². The molecular formula is C32H35NO3. The minimum atomic E-state index is -0.304. The summed E-state index contributed by atoms with van der Waals surface area (Å²) in [5.74, 6) is -0.0413. The van der Waals surface area contributed by atoms with Crippen molar-refractivity contribution in [2.24, 2.45) is 34.5 Å². The molecule has 2 aromatic carbocycles. The molecule has 1 heterocycles. The van der Waals surface area contributed by atoms with Crippen LogP contribution in [0.4, 0.5) is 5.69 Å². The summed E-state index contributed by atoms with van der Waals surface area (Å²) < 4.78 is 0. The van der Waals surface area contributed by atoms with Crippen LogP contribution in [-0.4, -0.2) is 23.0 Å². The lowest BCUT2D eigenvalue weighted by Gasteiger charge is -2.45. The van der Waals surface area contributed by atoms with E-state index in [1.807, 2.05) is 30.3 Å². The van der Waals surface area contributed by atoms with Crippen molar-refractivity contribution in [3.8, 4) is 0 Å². The molecule has 0 radical (unpaired) electrons. The first kappa shape index (κ1) is 22.5. The molecule has 2 amide bonds. The van der Waals surface area contributed by atoms with Crippen LogP contribution in [0.25, 0.3) is 5.57 Å². The van der Waals surface area contributed by atoms with Gasteiger partial charge in [0.25, 0.3) is 0 Å². The Hall–Kier alpha value is -2.72. The van der Waals surface area contributed by atoms with E-state index in [0.29, 0.717) is 18.0 Å². The van der Waals surface area contributed by atoms with Gasteiger partial charge in [-0.3, -0.25) is 14.5 Å². The van der Waals surface area contributed by atoms with Crippen molar-refractivity contribution in [1.82, 2.24) is 0 Å². The van der Waals surface area contributed by atoms with Gasteiger partial charge in [-0.05, 0) is 91.0 Å². The van der Waals surface area contributed by atoms with Crippen LogP contribution in [0.2, 0.25) is 0 Å². The molecule has 4 aliphatic carbocycles. The third kappa shape index (κ3) is 2.80. The van der Waals surface area contributed by atoms with E-state index in [9.17, 15) is 14.7 Å². The van der Waals surface area contributed by atoms with E-state index >= 15 is 0 Å². The van der Waals surface area contributed by atoms with Crippen LogP contribution in [0, 0.1) is 34.5 Å². The van der Waals surface area contributed by atoms with Gasteiger partial charge < -0.3 is 5.11 Å². The number of aryl methyl sites for hydroxylation is 1. The average Bonchev–Trinajstić information content (AvgIpc) is 3.36. The SMILES string of the molecule is CC1(C)[C@@H]2CC[C@@]1(CC1=C3c4ccccc4CC[C@H]3[C@@H]3C(=O)N(c4ccccc4)C(=O)[C@@H]3C1)[C@H](O)C2. The number of carbonyl (C=O) groups is 2. The summed E-state index contributed by atoms with van der Waals surface area (Å²) in [7, 11) is 0. The molecule has 0 unspecified atom stereocenters. The normalized spacial score (nSPS) is 36.2.